The summed E-state index contributed by atoms with van der Waals surface area (Å²) in [5, 5.41) is 20.1. The lowest BCUT2D eigenvalue weighted by molar-refractivity contribution is -0.273. The van der Waals surface area contributed by atoms with E-state index in [-0.39, 0.29) is 12.7 Å². The van der Waals surface area contributed by atoms with Gasteiger partial charge in [0.05, 0.1) is 28.5 Å². The number of benzene rings is 1. The fourth-order valence-electron chi connectivity index (χ4n) is 2.51. The lowest BCUT2D eigenvalue weighted by atomic mass is 10.1. The molecule has 1 aromatic carbocycles. The summed E-state index contributed by atoms with van der Waals surface area (Å²) in [4.78, 5) is 0. The summed E-state index contributed by atoms with van der Waals surface area (Å²) in [6.07, 6.45) is -1.99. The fraction of sp³-hybridized carbons (Fsp3) is 0.625. The lowest BCUT2D eigenvalue weighted by Crippen LogP contribution is -2.39. The third kappa shape index (κ3) is 6.75. The zero-order valence-corrected chi connectivity index (χ0v) is 16.6. The maximum atomic E-state index is 10.3. The molecule has 0 bridgehead atoms. The SMILES string of the molecule is CC(C)(O)O[C@@H]1C[C@H](OCc2ccccc2)C(C(O)COSI)O1. The molecule has 0 aromatic heterocycles. The summed E-state index contributed by atoms with van der Waals surface area (Å²) in [6, 6.07) is 9.79. The molecule has 1 fully saturated rings. The Balaban J connectivity index is 1.97. The van der Waals surface area contributed by atoms with Crippen LogP contribution in [0.15, 0.2) is 30.3 Å². The molecule has 1 heterocycles. The van der Waals surface area contributed by atoms with Crippen LogP contribution in [0.3, 0.4) is 0 Å². The summed E-state index contributed by atoms with van der Waals surface area (Å²) in [6.45, 7) is 3.61. The Morgan fingerprint density at radius 1 is 1.38 bits per heavy atom. The van der Waals surface area contributed by atoms with Crippen molar-refractivity contribution in [1.29, 1.82) is 0 Å². The monoisotopic (exact) mass is 470 g/mol. The first-order valence-corrected chi connectivity index (χ1v) is 11.0. The average molecular weight is 470 g/mol. The molecule has 6 nitrogen and oxygen atoms in total. The first-order valence-electron chi connectivity index (χ1n) is 7.68. The van der Waals surface area contributed by atoms with Crippen LogP contribution < -0.4 is 0 Å². The number of hydrogen-bond acceptors (Lipinski definition) is 7. The van der Waals surface area contributed by atoms with Gasteiger partial charge in [-0.1, -0.05) is 30.3 Å². The molecule has 2 rings (SSSR count). The first kappa shape index (κ1) is 20.4. The van der Waals surface area contributed by atoms with E-state index in [9.17, 15) is 10.2 Å². The van der Waals surface area contributed by atoms with Gasteiger partial charge >= 0.3 is 0 Å². The van der Waals surface area contributed by atoms with E-state index >= 15 is 0 Å². The van der Waals surface area contributed by atoms with Crippen LogP contribution in [-0.4, -0.2) is 47.2 Å². The predicted molar refractivity (Wildman–Crippen MR) is 99.2 cm³/mol. The van der Waals surface area contributed by atoms with E-state index in [4.69, 9.17) is 18.4 Å². The summed E-state index contributed by atoms with van der Waals surface area (Å²) < 4.78 is 22.3. The van der Waals surface area contributed by atoms with Crippen LogP contribution in [0.25, 0.3) is 0 Å². The molecule has 0 spiro atoms. The van der Waals surface area contributed by atoms with Gasteiger partial charge in [-0.15, -0.1) is 0 Å². The van der Waals surface area contributed by atoms with E-state index in [1.165, 1.54) is 13.8 Å². The van der Waals surface area contributed by atoms with Crippen molar-refractivity contribution in [2.24, 2.45) is 0 Å². The zero-order chi connectivity index (χ0) is 17.6. The van der Waals surface area contributed by atoms with Crippen LogP contribution in [-0.2, 0) is 25.0 Å². The molecule has 0 radical (unpaired) electrons. The highest BCUT2D eigenvalue weighted by atomic mass is 127. The van der Waals surface area contributed by atoms with Crippen LogP contribution in [0.1, 0.15) is 25.8 Å². The molecule has 8 heteroatoms. The van der Waals surface area contributed by atoms with E-state index in [2.05, 4.69) is 0 Å². The van der Waals surface area contributed by atoms with Gasteiger partial charge in [0.2, 0.25) is 0 Å². The van der Waals surface area contributed by atoms with Crippen molar-refractivity contribution in [3.8, 4) is 0 Å². The molecular formula is C16H23IO6S. The van der Waals surface area contributed by atoms with Gasteiger partial charge in [-0.05, 0) is 19.4 Å². The molecule has 2 N–H and O–H groups in total. The molecule has 136 valence electrons. The summed E-state index contributed by atoms with van der Waals surface area (Å²) in [5.74, 6) is -1.32. The van der Waals surface area contributed by atoms with Gasteiger partial charge in [0.25, 0.3) is 0 Å². The van der Waals surface area contributed by atoms with Crippen LogP contribution in [0.5, 0.6) is 0 Å². The van der Waals surface area contributed by atoms with Crippen LogP contribution >= 0.6 is 30.4 Å². The number of aliphatic hydroxyl groups excluding tert-OH is 1. The van der Waals surface area contributed by atoms with E-state index < -0.39 is 24.3 Å². The highest BCUT2D eigenvalue weighted by Gasteiger charge is 2.42. The zero-order valence-electron chi connectivity index (χ0n) is 13.6. The highest BCUT2D eigenvalue weighted by Crippen LogP contribution is 2.30. The lowest BCUT2D eigenvalue weighted by Gasteiger charge is -2.24. The average Bonchev–Trinajstić information content (AvgIpc) is 2.92. The summed E-state index contributed by atoms with van der Waals surface area (Å²) in [7, 11) is 1.15. The number of ether oxygens (including phenoxy) is 3. The smallest absolute Gasteiger partial charge is 0.164 e. The topological polar surface area (TPSA) is 77.4 Å². The number of halogens is 1. The molecule has 0 aliphatic carbocycles. The second kappa shape index (κ2) is 9.67. The van der Waals surface area contributed by atoms with Crippen molar-refractivity contribution in [3.05, 3.63) is 35.9 Å². The largest absolute Gasteiger partial charge is 0.388 e. The summed E-state index contributed by atoms with van der Waals surface area (Å²) >= 11 is 1.99. The van der Waals surface area contributed by atoms with E-state index in [0.717, 1.165) is 14.8 Å². The molecule has 1 aliphatic heterocycles. The minimum atomic E-state index is -1.32. The van der Waals surface area contributed by atoms with Gasteiger partial charge in [-0.3, -0.25) is 0 Å². The van der Waals surface area contributed by atoms with Gasteiger partial charge in [0.1, 0.15) is 12.2 Å². The molecule has 0 saturated carbocycles. The molecule has 2 unspecified atom stereocenters. The fourth-order valence-corrected chi connectivity index (χ4v) is 3.14. The standard InChI is InChI=1S/C16H23IO6S/c1-16(2,19)23-14-8-13(15(22-14)12(18)10-21-24-17)20-9-11-6-4-3-5-7-11/h3-7,12-15,18-19H,8-10H2,1-2H3/t12?,13-,14+,15?/m0/s1. The Labute approximate surface area is 158 Å². The summed E-state index contributed by atoms with van der Waals surface area (Å²) in [5.41, 5.74) is 1.04. The maximum Gasteiger partial charge on any atom is 0.164 e. The molecule has 4 atom stereocenters. The Bertz CT molecular complexity index is 483. The van der Waals surface area contributed by atoms with Gasteiger partial charge < -0.3 is 28.6 Å². The Morgan fingerprint density at radius 3 is 2.71 bits per heavy atom. The van der Waals surface area contributed by atoms with Crippen molar-refractivity contribution in [2.75, 3.05) is 6.61 Å². The molecule has 1 aliphatic rings. The Hall–Kier alpha value is 0.0600. The van der Waals surface area contributed by atoms with E-state index in [0.29, 0.717) is 13.0 Å². The van der Waals surface area contributed by atoms with Crippen LogP contribution in [0.4, 0.5) is 0 Å². The minimum absolute atomic E-state index is 0.124. The highest BCUT2D eigenvalue weighted by molar-refractivity contribution is 14.2. The second-order valence-corrected chi connectivity index (χ2v) is 7.52. The predicted octanol–water partition coefficient (Wildman–Crippen LogP) is 2.81. The quantitative estimate of drug-likeness (QED) is 0.327. The molecule has 24 heavy (non-hydrogen) atoms. The van der Waals surface area contributed by atoms with Crippen molar-refractivity contribution in [2.45, 2.75) is 57.3 Å². The number of rotatable bonds is 9. The molecule has 1 aromatic rings. The van der Waals surface area contributed by atoms with Crippen LogP contribution in [0.2, 0.25) is 0 Å². The van der Waals surface area contributed by atoms with E-state index in [1.54, 1.807) is 0 Å². The maximum absolute atomic E-state index is 10.3. The normalized spacial score (nSPS) is 25.8. The first-order chi connectivity index (χ1) is 11.4. The Morgan fingerprint density at radius 2 is 2.08 bits per heavy atom. The van der Waals surface area contributed by atoms with E-state index in [1.807, 2.05) is 51.5 Å². The number of aliphatic hydroxyl groups is 2. The molecule has 1 saturated heterocycles. The third-order valence-electron chi connectivity index (χ3n) is 3.49. The van der Waals surface area contributed by atoms with Crippen LogP contribution in [0, 0.1) is 0 Å². The molecule has 0 amide bonds. The van der Waals surface area contributed by atoms with Crippen molar-refractivity contribution in [1.82, 2.24) is 0 Å². The van der Waals surface area contributed by atoms with Gasteiger partial charge in [-0.25, -0.2) is 0 Å². The number of hydrogen-bond donors (Lipinski definition) is 2. The molecular weight excluding hydrogens is 447 g/mol. The third-order valence-corrected chi connectivity index (χ3v) is 4.48. The van der Waals surface area contributed by atoms with Gasteiger partial charge in [0.15, 0.2) is 12.1 Å². The van der Waals surface area contributed by atoms with Crippen molar-refractivity contribution < 1.29 is 28.6 Å². The van der Waals surface area contributed by atoms with Gasteiger partial charge in [-0.2, -0.15) is 0 Å². The Kier molecular flexibility index (Phi) is 8.21. The van der Waals surface area contributed by atoms with Gasteiger partial charge in [0, 0.05) is 27.6 Å². The van der Waals surface area contributed by atoms with Crippen molar-refractivity contribution in [3.63, 3.8) is 0 Å². The van der Waals surface area contributed by atoms with Crippen molar-refractivity contribution >= 4 is 30.4 Å². The second-order valence-electron chi connectivity index (χ2n) is 6.08. The minimum Gasteiger partial charge on any atom is -0.388 e.